The van der Waals surface area contributed by atoms with Crippen LogP contribution in [0, 0.1) is 6.92 Å². The van der Waals surface area contributed by atoms with E-state index in [4.69, 9.17) is 26.0 Å². The Morgan fingerprint density at radius 2 is 0.482 bits per heavy atom. The van der Waals surface area contributed by atoms with Crippen molar-refractivity contribution >= 4 is 65.4 Å². The number of rotatable bonds is 9. The fourth-order valence-corrected chi connectivity index (χ4v) is 16.6. The van der Waals surface area contributed by atoms with E-state index in [0.717, 1.165) is 116 Å². The van der Waals surface area contributed by atoms with Crippen LogP contribution < -0.4 is 0 Å². The number of nitrogens with zero attached hydrogens (tertiary/aromatic N) is 3. The molecule has 0 saturated heterocycles. The average molecular weight is 1500 g/mol. The van der Waals surface area contributed by atoms with Crippen LogP contribution in [0.4, 0.5) is 0 Å². The van der Waals surface area contributed by atoms with Crippen LogP contribution in [0.5, 0.6) is 0 Å². The largest absolute Gasteiger partial charge is 0.309 e. The van der Waals surface area contributed by atoms with Gasteiger partial charge in [0, 0.05) is 49.4 Å². The summed E-state index contributed by atoms with van der Waals surface area (Å²) in [6.07, 6.45) is 0. The molecule has 0 aliphatic carbocycles. The molecule has 114 heavy (non-hydrogen) atoms. The number of hydrogen-bond donors (Lipinski definition) is 0. The molecule has 15 aromatic carbocycles. The van der Waals surface area contributed by atoms with Crippen molar-refractivity contribution in [3.05, 3.63) is 379 Å². The number of benzene rings is 15. The SMILES string of the molecule is [2H]c1c([2H])c([2H])c(-c2cccc3c2c2c(C(C)(C)C)c(-c4c([2H])c([2H])c(C)c([2H])c4[2H])ccc2n3-c2ccccc2)c([2H])c1[2H].[2H]c1c([2H])c([2H])c(-c2cccc3c2c2c(C(C)(C)C)c(-c4cc(C(C)(C)C)cc(C(C)(C)C)c4)ccc2n3-c2ccccc2)c([2H])c1[2H].[2H]c1c([2H])c([2H])c(-c2cccc3c2c2c(C(C)(C)C)c(-c4ccccc4)ccc2n3-c2ccccc2)c([2H])c1[2H]. The first-order valence-corrected chi connectivity index (χ1v) is 39.1. The second-order valence-corrected chi connectivity index (χ2v) is 34.7. The lowest BCUT2D eigenvalue weighted by Gasteiger charge is -2.29. The van der Waals surface area contributed by atoms with Crippen LogP contribution in [0.1, 0.15) is 163 Å². The first kappa shape index (κ1) is 56.0. The lowest BCUT2D eigenvalue weighted by Crippen LogP contribution is -2.17. The summed E-state index contributed by atoms with van der Waals surface area (Å²) in [7, 11) is 0. The summed E-state index contributed by atoms with van der Waals surface area (Å²) in [6, 6.07) is 72.0. The molecule has 3 aromatic heterocycles. The monoisotopic (exact) mass is 1500 g/mol. The van der Waals surface area contributed by atoms with Crippen molar-refractivity contribution in [1.82, 2.24) is 13.7 Å². The maximum atomic E-state index is 8.97. The van der Waals surface area contributed by atoms with Crippen molar-refractivity contribution in [3.63, 3.8) is 0 Å². The highest BCUT2D eigenvalue weighted by molar-refractivity contribution is 6.21. The Hall–Kier alpha value is -12.3. The zero-order valence-electron chi connectivity index (χ0n) is 86.8. The standard InChI is InChI=1S/C42H45N.C35H31N.C34H29N/c1-40(2,3)30-25-29(26-31(27-30)41(4,5)6)34-23-24-36-38(39(34)42(7,8)9)37-33(28-17-12-10-13-18-28)21-16-22-35(37)43(36)32-19-14-11-15-20-32;1-24-18-20-26(21-19-24)29-22-23-31-33(34(29)35(2,3)4)32-28(25-12-7-5-8-13-25)16-11-17-30(32)36(31)27-14-9-6-10-15-27;1-34(2,3)33-28(25-16-9-5-10-17-25)22-23-30-32(33)31-27(24-14-7-4-8-15-24)20-13-21-29(31)35(30)26-18-11-6-12-19-26/h10-27H,1-9H3;5-23H,1-4H3;4-23H,1-3H3/i10D,12D,13D,17D,18D;5D,7D,8D,12D,13D,18D,19D,20D,21D;4D,7D,8D,14D,15D. The van der Waals surface area contributed by atoms with E-state index in [2.05, 4.69) is 188 Å². The van der Waals surface area contributed by atoms with E-state index in [0.29, 0.717) is 27.6 Å². The summed E-state index contributed by atoms with van der Waals surface area (Å²) in [5, 5.41) is 5.23. The molecule has 18 rings (SSSR count). The van der Waals surface area contributed by atoms with Gasteiger partial charge in [-0.25, -0.2) is 0 Å². The van der Waals surface area contributed by atoms with Crippen molar-refractivity contribution < 1.29 is 26.0 Å². The van der Waals surface area contributed by atoms with Gasteiger partial charge in [0.2, 0.25) is 0 Å². The normalized spacial score (nSPS) is 14.5. The van der Waals surface area contributed by atoms with Crippen LogP contribution in [-0.4, -0.2) is 13.7 Å². The van der Waals surface area contributed by atoms with Gasteiger partial charge in [0.25, 0.3) is 0 Å². The molecule has 3 nitrogen and oxygen atoms in total. The van der Waals surface area contributed by atoms with Gasteiger partial charge >= 0.3 is 0 Å². The van der Waals surface area contributed by atoms with Crippen LogP contribution >= 0.6 is 0 Å². The van der Waals surface area contributed by atoms with Crippen molar-refractivity contribution in [2.45, 2.75) is 138 Å². The summed E-state index contributed by atoms with van der Waals surface area (Å²) in [4.78, 5) is 0. The van der Waals surface area contributed by atoms with Gasteiger partial charge in [0.15, 0.2) is 0 Å². The molecule has 0 bridgehead atoms. The molecular formula is C111H105N3. The first-order chi connectivity index (χ1) is 62.6. The topological polar surface area (TPSA) is 14.8 Å². The lowest BCUT2D eigenvalue weighted by atomic mass is 9.75. The zero-order valence-corrected chi connectivity index (χ0v) is 67.8. The Morgan fingerprint density at radius 1 is 0.211 bits per heavy atom. The van der Waals surface area contributed by atoms with E-state index in [1.54, 1.807) is 13.0 Å². The van der Waals surface area contributed by atoms with Gasteiger partial charge in [0.1, 0.15) is 0 Å². The molecule has 3 heteroatoms. The van der Waals surface area contributed by atoms with Gasteiger partial charge in [-0.15, -0.1) is 0 Å². The minimum atomic E-state index is -0.592. The van der Waals surface area contributed by atoms with Crippen molar-refractivity contribution in [2.24, 2.45) is 0 Å². The minimum Gasteiger partial charge on any atom is -0.309 e. The summed E-state index contributed by atoms with van der Waals surface area (Å²) in [5.41, 5.74) is 20.4. The Morgan fingerprint density at radius 3 is 0.781 bits per heavy atom. The number of aromatic nitrogens is 3. The third-order valence-corrected chi connectivity index (χ3v) is 21.6. The third kappa shape index (κ3) is 14.3. The minimum absolute atomic E-state index is 0.0560. The molecule has 0 spiro atoms. The molecule has 18 aromatic rings. The van der Waals surface area contributed by atoms with E-state index in [9.17, 15) is 0 Å². The Balaban J connectivity index is 0.000000146. The van der Waals surface area contributed by atoms with Crippen LogP contribution in [0.2, 0.25) is 0 Å². The van der Waals surface area contributed by atoms with E-state index < -0.39 is 29.6 Å². The zero-order chi connectivity index (χ0) is 96.1. The summed E-state index contributed by atoms with van der Waals surface area (Å²) < 4.78 is 170. The maximum Gasteiger partial charge on any atom is 0.0629 e. The molecule has 0 amide bonds. The van der Waals surface area contributed by atoms with Crippen LogP contribution in [0.15, 0.2) is 345 Å². The molecular weight excluding hydrogens is 1380 g/mol. The van der Waals surface area contributed by atoms with E-state index in [-0.39, 0.29) is 140 Å². The third-order valence-electron chi connectivity index (χ3n) is 21.6. The van der Waals surface area contributed by atoms with Crippen molar-refractivity contribution in [2.75, 3.05) is 0 Å². The van der Waals surface area contributed by atoms with Crippen LogP contribution in [0.3, 0.4) is 0 Å². The highest BCUT2D eigenvalue weighted by Gasteiger charge is 2.33. The smallest absolute Gasteiger partial charge is 0.0629 e. The molecule has 0 aliphatic heterocycles. The molecule has 3 heterocycles. The fraction of sp³-hybridized carbons (Fsp3) is 0.189. The maximum absolute atomic E-state index is 8.97. The lowest BCUT2D eigenvalue weighted by molar-refractivity contribution is 0.568. The van der Waals surface area contributed by atoms with E-state index in [1.807, 2.05) is 154 Å². The summed E-state index contributed by atoms with van der Waals surface area (Å²) >= 11 is 0. The molecule has 0 fully saturated rings. The molecule has 0 saturated carbocycles. The Bertz CT molecular complexity index is 7640. The Kier molecular flexibility index (Phi) is 14.7. The fourth-order valence-electron chi connectivity index (χ4n) is 16.6. The summed E-state index contributed by atoms with van der Waals surface area (Å²) in [6.45, 7) is 34.5. The second-order valence-electron chi connectivity index (χ2n) is 34.7. The van der Waals surface area contributed by atoms with Gasteiger partial charge in [-0.05, 0) is 201 Å². The number of fused-ring (bicyclic) bond motifs is 9. The van der Waals surface area contributed by atoms with Crippen molar-refractivity contribution in [3.8, 4) is 83.8 Å². The quantitative estimate of drug-likeness (QED) is 0.137. The number of hydrogen-bond acceptors (Lipinski definition) is 0. The second kappa shape index (κ2) is 30.0. The summed E-state index contributed by atoms with van der Waals surface area (Å²) in [5.74, 6) is 0. The van der Waals surface area contributed by atoms with Gasteiger partial charge in [-0.2, -0.15) is 0 Å². The number of para-hydroxylation sites is 3. The van der Waals surface area contributed by atoms with Gasteiger partial charge in [0.05, 0.1) is 59.1 Å². The van der Waals surface area contributed by atoms with Crippen molar-refractivity contribution in [1.29, 1.82) is 0 Å². The molecule has 0 N–H and O–H groups in total. The first-order valence-electron chi connectivity index (χ1n) is 48.6. The molecule has 0 atom stereocenters. The average Bonchev–Trinajstić information content (AvgIpc) is 1.56. The molecule has 564 valence electrons. The van der Waals surface area contributed by atoms with Crippen LogP contribution in [0.25, 0.3) is 149 Å². The van der Waals surface area contributed by atoms with Gasteiger partial charge < -0.3 is 13.7 Å². The van der Waals surface area contributed by atoms with E-state index in [1.165, 1.54) is 11.1 Å². The van der Waals surface area contributed by atoms with Crippen LogP contribution in [-0.2, 0) is 27.1 Å². The molecule has 0 aliphatic rings. The molecule has 0 radical (unpaired) electrons. The van der Waals surface area contributed by atoms with Gasteiger partial charge in [-0.3, -0.25) is 0 Å². The molecule has 0 unspecified atom stereocenters. The highest BCUT2D eigenvalue weighted by atomic mass is 15.0. The van der Waals surface area contributed by atoms with E-state index >= 15 is 0 Å². The highest BCUT2D eigenvalue weighted by Crippen LogP contribution is 2.52. The van der Waals surface area contributed by atoms with Gasteiger partial charge in [-0.1, -0.05) is 382 Å². The predicted octanol–water partition coefficient (Wildman–Crippen LogP) is 31.1. The Labute approximate surface area is 702 Å². The predicted molar refractivity (Wildman–Crippen MR) is 493 cm³/mol.